The highest BCUT2D eigenvalue weighted by atomic mass is 16.5. The number of ether oxygens (including phenoxy) is 1. The molecule has 1 fully saturated rings. The minimum absolute atomic E-state index is 0.0588. The molecule has 0 amide bonds. The summed E-state index contributed by atoms with van der Waals surface area (Å²) in [5.41, 5.74) is 2.25. The number of anilines is 1. The molecule has 2 aliphatic rings. The van der Waals surface area contributed by atoms with E-state index in [0.717, 1.165) is 18.7 Å². The smallest absolute Gasteiger partial charge is 0.255 e. The SMILES string of the molecule is CC1(C)CN(C[C@H](OCC2CC2)c2ccccc2)c2nc(-c3ccncn3)cc(=O)n2C1. The monoisotopic (exact) mass is 431 g/mol. The zero-order valence-electron chi connectivity index (χ0n) is 18.6. The van der Waals surface area contributed by atoms with Crippen LogP contribution in [0.25, 0.3) is 11.4 Å². The molecule has 0 radical (unpaired) electrons. The normalized spacial score (nSPS) is 18.2. The molecular weight excluding hydrogens is 402 g/mol. The molecule has 7 heteroatoms. The van der Waals surface area contributed by atoms with Gasteiger partial charge in [-0.3, -0.25) is 9.36 Å². The van der Waals surface area contributed by atoms with Crippen LogP contribution in [0.3, 0.4) is 0 Å². The fourth-order valence-electron chi connectivity index (χ4n) is 4.33. The van der Waals surface area contributed by atoms with Gasteiger partial charge in [-0.1, -0.05) is 44.2 Å². The van der Waals surface area contributed by atoms with Crippen LogP contribution in [-0.2, 0) is 11.3 Å². The molecular formula is C25H29N5O2. The fraction of sp³-hybridized carbons (Fsp3) is 0.440. The Kier molecular flexibility index (Phi) is 5.51. The molecule has 2 aromatic heterocycles. The van der Waals surface area contributed by atoms with E-state index >= 15 is 0 Å². The zero-order chi connectivity index (χ0) is 22.1. The minimum atomic E-state index is -0.0845. The van der Waals surface area contributed by atoms with E-state index in [4.69, 9.17) is 9.72 Å². The summed E-state index contributed by atoms with van der Waals surface area (Å²) in [5, 5.41) is 0. The highest BCUT2D eigenvalue weighted by Gasteiger charge is 2.34. The second kappa shape index (κ2) is 8.47. The van der Waals surface area contributed by atoms with Crippen molar-refractivity contribution in [3.8, 4) is 11.4 Å². The van der Waals surface area contributed by atoms with Gasteiger partial charge in [-0.15, -0.1) is 0 Å². The number of aromatic nitrogens is 4. The van der Waals surface area contributed by atoms with Crippen molar-refractivity contribution in [2.24, 2.45) is 11.3 Å². The number of nitrogens with zero attached hydrogens (tertiary/aromatic N) is 5. The largest absolute Gasteiger partial charge is 0.371 e. The summed E-state index contributed by atoms with van der Waals surface area (Å²) in [5.74, 6) is 1.36. The summed E-state index contributed by atoms with van der Waals surface area (Å²) in [4.78, 5) is 28.5. The number of hydrogen-bond acceptors (Lipinski definition) is 6. The highest BCUT2D eigenvalue weighted by molar-refractivity contribution is 5.55. The van der Waals surface area contributed by atoms with E-state index in [1.807, 2.05) is 18.2 Å². The van der Waals surface area contributed by atoms with Gasteiger partial charge in [0, 0.05) is 30.8 Å². The summed E-state index contributed by atoms with van der Waals surface area (Å²) in [7, 11) is 0. The Morgan fingerprint density at radius 2 is 1.94 bits per heavy atom. The molecule has 166 valence electrons. The molecule has 1 aliphatic heterocycles. The molecule has 3 aromatic rings. The summed E-state index contributed by atoms with van der Waals surface area (Å²) >= 11 is 0. The van der Waals surface area contributed by atoms with Crippen LogP contribution in [0.2, 0.25) is 0 Å². The lowest BCUT2D eigenvalue weighted by atomic mass is 9.90. The maximum Gasteiger partial charge on any atom is 0.255 e. The third-order valence-electron chi connectivity index (χ3n) is 6.11. The van der Waals surface area contributed by atoms with E-state index in [1.165, 1.54) is 19.2 Å². The van der Waals surface area contributed by atoms with Crippen LogP contribution in [-0.4, -0.2) is 39.2 Å². The molecule has 3 heterocycles. The average molecular weight is 432 g/mol. The van der Waals surface area contributed by atoms with Crippen molar-refractivity contribution >= 4 is 5.95 Å². The van der Waals surface area contributed by atoms with Crippen LogP contribution in [0.15, 0.2) is 59.8 Å². The van der Waals surface area contributed by atoms with Gasteiger partial charge in [-0.25, -0.2) is 15.0 Å². The topological polar surface area (TPSA) is 73.1 Å². The van der Waals surface area contributed by atoms with Crippen molar-refractivity contribution in [3.05, 3.63) is 70.9 Å². The van der Waals surface area contributed by atoms with Crippen molar-refractivity contribution in [3.63, 3.8) is 0 Å². The van der Waals surface area contributed by atoms with Crippen molar-refractivity contribution in [1.82, 2.24) is 19.5 Å². The lowest BCUT2D eigenvalue weighted by Crippen LogP contribution is -2.49. The first-order valence-electron chi connectivity index (χ1n) is 11.3. The maximum atomic E-state index is 13.1. The second-order valence-electron chi connectivity index (χ2n) is 9.68. The van der Waals surface area contributed by atoms with Crippen LogP contribution in [0.4, 0.5) is 5.95 Å². The van der Waals surface area contributed by atoms with Gasteiger partial charge >= 0.3 is 0 Å². The molecule has 1 atom stereocenters. The zero-order valence-corrected chi connectivity index (χ0v) is 18.6. The molecule has 32 heavy (non-hydrogen) atoms. The molecule has 0 N–H and O–H groups in total. The van der Waals surface area contributed by atoms with E-state index < -0.39 is 0 Å². The first-order valence-corrected chi connectivity index (χ1v) is 11.3. The number of rotatable bonds is 7. The Labute approximate surface area is 188 Å². The fourth-order valence-corrected chi connectivity index (χ4v) is 4.33. The summed E-state index contributed by atoms with van der Waals surface area (Å²) < 4.78 is 8.19. The predicted octanol–water partition coefficient (Wildman–Crippen LogP) is 3.71. The summed E-state index contributed by atoms with van der Waals surface area (Å²) in [6.45, 7) is 7.22. The van der Waals surface area contributed by atoms with Crippen LogP contribution in [0, 0.1) is 11.3 Å². The van der Waals surface area contributed by atoms with Gasteiger partial charge in [-0.05, 0) is 30.4 Å². The second-order valence-corrected chi connectivity index (χ2v) is 9.68. The Bertz CT molecular complexity index is 1130. The van der Waals surface area contributed by atoms with Crippen LogP contribution in [0.5, 0.6) is 0 Å². The molecule has 1 saturated carbocycles. The molecule has 5 rings (SSSR count). The predicted molar refractivity (Wildman–Crippen MR) is 123 cm³/mol. The first-order chi connectivity index (χ1) is 15.5. The van der Waals surface area contributed by atoms with Gasteiger partial charge in [0.25, 0.3) is 5.56 Å². The van der Waals surface area contributed by atoms with Crippen molar-refractivity contribution in [2.75, 3.05) is 24.6 Å². The standard InChI is InChI=1S/C25H29N5O2/c1-25(2)15-29(13-22(32-14-18-8-9-18)19-6-4-3-5-7-19)24-28-21(12-23(31)30(24)16-25)20-10-11-26-17-27-20/h3-7,10-12,17-18,22H,8-9,13-16H2,1-2H3/t22-/m0/s1. The van der Waals surface area contributed by atoms with E-state index in [-0.39, 0.29) is 17.1 Å². The van der Waals surface area contributed by atoms with E-state index in [9.17, 15) is 4.79 Å². The number of benzene rings is 1. The third-order valence-corrected chi connectivity index (χ3v) is 6.11. The van der Waals surface area contributed by atoms with Crippen LogP contribution in [0.1, 0.15) is 38.4 Å². The Balaban J connectivity index is 1.51. The quantitative estimate of drug-likeness (QED) is 0.568. The Morgan fingerprint density at radius 1 is 1.12 bits per heavy atom. The summed E-state index contributed by atoms with van der Waals surface area (Å²) in [6, 6.07) is 13.7. The van der Waals surface area contributed by atoms with Crippen LogP contribution >= 0.6 is 0 Å². The number of fused-ring (bicyclic) bond motifs is 1. The molecule has 0 unspecified atom stereocenters. The molecule has 1 aromatic carbocycles. The van der Waals surface area contributed by atoms with Gasteiger partial charge in [0.1, 0.15) is 12.4 Å². The van der Waals surface area contributed by atoms with Gasteiger partial charge < -0.3 is 9.64 Å². The molecule has 0 spiro atoms. The van der Waals surface area contributed by atoms with Gasteiger partial charge in [0.15, 0.2) is 0 Å². The lowest BCUT2D eigenvalue weighted by Gasteiger charge is -2.41. The lowest BCUT2D eigenvalue weighted by molar-refractivity contribution is 0.0471. The maximum absolute atomic E-state index is 13.1. The van der Waals surface area contributed by atoms with Crippen molar-refractivity contribution in [2.45, 2.75) is 39.3 Å². The van der Waals surface area contributed by atoms with E-state index in [0.29, 0.717) is 36.3 Å². The first kappa shape index (κ1) is 20.8. The summed E-state index contributed by atoms with van der Waals surface area (Å²) in [6.07, 6.45) is 5.56. The van der Waals surface area contributed by atoms with Crippen molar-refractivity contribution < 1.29 is 4.74 Å². The molecule has 7 nitrogen and oxygen atoms in total. The van der Waals surface area contributed by atoms with E-state index in [2.05, 4.69) is 40.8 Å². The molecule has 0 saturated heterocycles. The molecule has 1 aliphatic carbocycles. The Hall–Kier alpha value is -3.06. The van der Waals surface area contributed by atoms with Gasteiger partial charge in [0.2, 0.25) is 5.95 Å². The van der Waals surface area contributed by atoms with Gasteiger partial charge in [0.05, 0.1) is 24.5 Å². The van der Waals surface area contributed by atoms with Crippen LogP contribution < -0.4 is 10.5 Å². The van der Waals surface area contributed by atoms with E-state index in [1.54, 1.807) is 22.9 Å². The third kappa shape index (κ3) is 4.58. The molecule has 0 bridgehead atoms. The number of hydrogen-bond donors (Lipinski definition) is 0. The average Bonchev–Trinajstić information content (AvgIpc) is 3.62. The minimum Gasteiger partial charge on any atom is -0.371 e. The van der Waals surface area contributed by atoms with Gasteiger partial charge in [-0.2, -0.15) is 0 Å². The highest BCUT2D eigenvalue weighted by Crippen LogP contribution is 2.34. The Morgan fingerprint density at radius 3 is 2.66 bits per heavy atom. The van der Waals surface area contributed by atoms with Crippen molar-refractivity contribution in [1.29, 1.82) is 0 Å².